The third kappa shape index (κ3) is 8.22. The molecule has 52 heavy (non-hydrogen) atoms. The van der Waals surface area contributed by atoms with Gasteiger partial charge in [0.15, 0.2) is 23.0 Å². The largest absolute Gasteiger partial charge is 1.00 e. The van der Waals surface area contributed by atoms with Gasteiger partial charge in [-0.1, -0.05) is 38.1 Å². The molecule has 2 aliphatic carbocycles. The maximum atomic E-state index is 11.7. The standard InChI is InChI=1S/2C20H20O5.2Na/c2*1-2-7-23-14-4-5-15-13(8-14)9-16(20(21)22)19(15)12-3-6-17-18(10-12)25-11-24-17;;/h2*3-6,8,10,16,19H,2,7,9,11H2,1H3,(H,21,22);;/q;;2*+1/p-2. The molecule has 0 saturated carbocycles. The molecule has 4 aromatic rings. The molecule has 0 bridgehead atoms. The molecular formula is C40H38Na2O10. The number of carboxylic acid groups (broad SMARTS) is 2. The molecule has 12 heteroatoms. The molecule has 4 unspecified atom stereocenters. The van der Waals surface area contributed by atoms with E-state index < -0.39 is 23.8 Å². The van der Waals surface area contributed by atoms with Crippen LogP contribution in [-0.4, -0.2) is 38.7 Å². The van der Waals surface area contributed by atoms with Crippen molar-refractivity contribution in [1.29, 1.82) is 0 Å². The molecule has 0 aromatic heterocycles. The predicted octanol–water partition coefficient (Wildman–Crippen LogP) is -1.48. The molecule has 0 N–H and O–H groups in total. The number of benzene rings is 4. The molecule has 0 radical (unpaired) electrons. The number of carbonyl (C=O) groups excluding carboxylic acids is 2. The number of carboxylic acids is 2. The van der Waals surface area contributed by atoms with Gasteiger partial charge in [0.1, 0.15) is 11.5 Å². The minimum Gasteiger partial charge on any atom is -0.550 e. The van der Waals surface area contributed by atoms with Gasteiger partial charge < -0.3 is 48.2 Å². The molecule has 10 nitrogen and oxygen atoms in total. The maximum absolute atomic E-state index is 11.7. The van der Waals surface area contributed by atoms with Crippen LogP contribution in [0.5, 0.6) is 34.5 Å². The first-order valence-corrected chi connectivity index (χ1v) is 17.1. The SMILES string of the molecule is CCCOc1ccc2c(c1)CC(C(=O)[O-])C2c1ccc2c(c1)OCO2.CCCOc1ccc2c(c1)CC(C(=O)[O-])C2c1ccc2c(c1)OCO2.[Na+].[Na+]. The van der Waals surface area contributed by atoms with E-state index in [0.717, 1.165) is 57.7 Å². The monoisotopic (exact) mass is 724 g/mol. The molecule has 0 spiro atoms. The zero-order valence-corrected chi connectivity index (χ0v) is 34.0. The fourth-order valence-electron chi connectivity index (χ4n) is 7.36. The predicted molar refractivity (Wildman–Crippen MR) is 178 cm³/mol. The van der Waals surface area contributed by atoms with Crippen LogP contribution in [0.2, 0.25) is 0 Å². The first kappa shape index (κ1) is 39.8. The second-order valence-corrected chi connectivity index (χ2v) is 12.9. The van der Waals surface area contributed by atoms with Crippen molar-refractivity contribution < 1.29 is 107 Å². The number of ether oxygens (including phenoxy) is 6. The number of carbonyl (C=O) groups is 2. The summed E-state index contributed by atoms with van der Waals surface area (Å²) in [5.74, 6) is 0.485. The van der Waals surface area contributed by atoms with E-state index in [1.54, 1.807) is 0 Å². The summed E-state index contributed by atoms with van der Waals surface area (Å²) in [5.41, 5.74) is 5.84. The van der Waals surface area contributed by atoms with Crippen LogP contribution >= 0.6 is 0 Å². The summed E-state index contributed by atoms with van der Waals surface area (Å²) in [5, 5.41) is 23.5. The third-order valence-electron chi connectivity index (χ3n) is 9.65. The number of fused-ring (bicyclic) bond motifs is 4. The fourth-order valence-corrected chi connectivity index (χ4v) is 7.36. The summed E-state index contributed by atoms with van der Waals surface area (Å²) in [6, 6.07) is 22.9. The molecule has 0 saturated heterocycles. The van der Waals surface area contributed by atoms with Crippen molar-refractivity contribution in [3.05, 3.63) is 106 Å². The first-order chi connectivity index (χ1) is 24.3. The second kappa shape index (κ2) is 17.6. The van der Waals surface area contributed by atoms with Crippen molar-refractivity contribution in [3.63, 3.8) is 0 Å². The Morgan fingerprint density at radius 2 is 1.00 bits per heavy atom. The number of hydrogen-bond acceptors (Lipinski definition) is 10. The first-order valence-electron chi connectivity index (χ1n) is 17.1. The quantitative estimate of drug-likeness (QED) is 0.179. The number of hydrogen-bond donors (Lipinski definition) is 0. The molecule has 4 aromatic carbocycles. The van der Waals surface area contributed by atoms with Crippen molar-refractivity contribution >= 4 is 11.9 Å². The van der Waals surface area contributed by atoms with Crippen LogP contribution in [0.25, 0.3) is 0 Å². The van der Waals surface area contributed by atoms with Crippen LogP contribution in [0.15, 0.2) is 72.8 Å². The van der Waals surface area contributed by atoms with E-state index in [-0.39, 0.29) is 84.5 Å². The molecule has 0 fully saturated rings. The Labute approximate surface area is 347 Å². The summed E-state index contributed by atoms with van der Waals surface area (Å²) >= 11 is 0. The van der Waals surface area contributed by atoms with Gasteiger partial charge in [-0.25, -0.2) is 0 Å². The minimum absolute atomic E-state index is 0. The van der Waals surface area contributed by atoms with Crippen molar-refractivity contribution in [2.75, 3.05) is 26.8 Å². The Balaban J connectivity index is 0.000000194. The van der Waals surface area contributed by atoms with E-state index in [1.165, 1.54) is 0 Å². The molecular weight excluding hydrogens is 686 g/mol. The Kier molecular flexibility index (Phi) is 13.5. The fraction of sp³-hybridized carbons (Fsp3) is 0.350. The zero-order valence-electron chi connectivity index (χ0n) is 30.0. The summed E-state index contributed by atoms with van der Waals surface area (Å²) in [6.45, 7) is 5.79. The van der Waals surface area contributed by atoms with Crippen LogP contribution < -0.4 is 97.7 Å². The van der Waals surface area contributed by atoms with Crippen molar-refractivity contribution in [2.45, 2.75) is 51.4 Å². The summed E-state index contributed by atoms with van der Waals surface area (Å²) in [6.07, 6.45) is 2.75. The number of rotatable bonds is 10. The Bertz CT molecular complexity index is 1780. The Hall–Kier alpha value is -3.38. The molecule has 2 heterocycles. The summed E-state index contributed by atoms with van der Waals surface area (Å²) in [7, 11) is 0. The Morgan fingerprint density at radius 1 is 0.596 bits per heavy atom. The van der Waals surface area contributed by atoms with E-state index in [2.05, 4.69) is 13.8 Å². The molecule has 260 valence electrons. The van der Waals surface area contributed by atoms with Crippen LogP contribution in [0.1, 0.15) is 71.9 Å². The molecule has 8 rings (SSSR count). The normalized spacial score (nSPS) is 19.6. The van der Waals surface area contributed by atoms with E-state index in [9.17, 15) is 19.8 Å². The van der Waals surface area contributed by atoms with Crippen LogP contribution in [0.3, 0.4) is 0 Å². The van der Waals surface area contributed by atoms with Gasteiger partial charge in [0.05, 0.1) is 13.2 Å². The van der Waals surface area contributed by atoms with Gasteiger partial charge >= 0.3 is 59.1 Å². The molecule has 2 aliphatic heterocycles. The molecule has 4 atom stereocenters. The van der Waals surface area contributed by atoms with Crippen molar-refractivity contribution in [3.8, 4) is 34.5 Å². The summed E-state index contributed by atoms with van der Waals surface area (Å²) in [4.78, 5) is 23.5. The topological polar surface area (TPSA) is 136 Å². The van der Waals surface area contributed by atoms with Gasteiger partial charge in [0.25, 0.3) is 0 Å². The van der Waals surface area contributed by atoms with E-state index in [1.807, 2.05) is 72.8 Å². The second-order valence-electron chi connectivity index (χ2n) is 12.9. The van der Waals surface area contributed by atoms with E-state index >= 15 is 0 Å². The van der Waals surface area contributed by atoms with Gasteiger partial charge in [-0.15, -0.1) is 0 Å². The average Bonchev–Trinajstić information content (AvgIpc) is 3.93. The minimum atomic E-state index is -1.03. The van der Waals surface area contributed by atoms with Gasteiger partial charge in [0, 0.05) is 35.6 Å². The van der Waals surface area contributed by atoms with Gasteiger partial charge in [-0.2, -0.15) is 0 Å². The number of aliphatic carboxylic acids is 2. The average molecular weight is 725 g/mol. The van der Waals surface area contributed by atoms with Crippen LogP contribution in [0.4, 0.5) is 0 Å². The van der Waals surface area contributed by atoms with Gasteiger partial charge in [-0.05, 0) is 108 Å². The van der Waals surface area contributed by atoms with Crippen molar-refractivity contribution in [2.24, 2.45) is 11.8 Å². The Morgan fingerprint density at radius 3 is 1.38 bits per heavy atom. The van der Waals surface area contributed by atoms with Crippen LogP contribution in [-0.2, 0) is 22.4 Å². The third-order valence-corrected chi connectivity index (χ3v) is 9.65. The van der Waals surface area contributed by atoms with Crippen molar-refractivity contribution in [1.82, 2.24) is 0 Å². The smallest absolute Gasteiger partial charge is 0.550 e. The van der Waals surface area contributed by atoms with Gasteiger partial charge in [0.2, 0.25) is 13.6 Å². The van der Waals surface area contributed by atoms with E-state index in [4.69, 9.17) is 28.4 Å². The van der Waals surface area contributed by atoms with Gasteiger partial charge in [-0.3, -0.25) is 0 Å². The molecule has 0 amide bonds. The summed E-state index contributed by atoms with van der Waals surface area (Å²) < 4.78 is 32.9. The van der Waals surface area contributed by atoms with Crippen LogP contribution in [0, 0.1) is 11.8 Å². The molecule has 4 aliphatic rings. The zero-order chi connectivity index (χ0) is 34.8. The maximum Gasteiger partial charge on any atom is 1.00 e. The van der Waals surface area contributed by atoms with E-state index in [0.29, 0.717) is 49.1 Å².